The summed E-state index contributed by atoms with van der Waals surface area (Å²) in [5.74, 6) is -0.210. The highest BCUT2D eigenvalue weighted by atomic mass is 32.1. The number of rotatable bonds is 4. The number of carbonyl (C=O) groups is 2. The van der Waals surface area contributed by atoms with E-state index in [9.17, 15) is 14.0 Å². The molecule has 10 heteroatoms. The number of alkyl carbamates (subject to hydrolysis) is 1. The number of ether oxygens (including phenoxy) is 1. The molecule has 194 valence electrons. The van der Waals surface area contributed by atoms with Crippen LogP contribution in [-0.2, 0) is 4.74 Å². The lowest BCUT2D eigenvalue weighted by atomic mass is 10.00. The van der Waals surface area contributed by atoms with Gasteiger partial charge in [-0.1, -0.05) is 11.2 Å². The van der Waals surface area contributed by atoms with Gasteiger partial charge in [0.1, 0.15) is 23.2 Å². The van der Waals surface area contributed by atoms with E-state index < -0.39 is 17.5 Å². The highest BCUT2D eigenvalue weighted by Crippen LogP contribution is 2.43. The molecule has 0 radical (unpaired) electrons. The van der Waals surface area contributed by atoms with E-state index in [1.54, 1.807) is 44.7 Å². The lowest BCUT2D eigenvalue weighted by Gasteiger charge is -2.33. The Labute approximate surface area is 219 Å². The van der Waals surface area contributed by atoms with Crippen molar-refractivity contribution in [3.8, 4) is 27.6 Å². The van der Waals surface area contributed by atoms with Gasteiger partial charge in [0.15, 0.2) is 0 Å². The van der Waals surface area contributed by atoms with Crippen LogP contribution >= 0.6 is 11.3 Å². The smallest absolute Gasteiger partial charge is 0.407 e. The monoisotopic (exact) mass is 524 g/mol. The Hall–Kier alpha value is -3.71. The van der Waals surface area contributed by atoms with Crippen LogP contribution < -0.4 is 5.32 Å². The molecule has 0 bridgehead atoms. The molecule has 1 N–H and O–H groups in total. The average Bonchev–Trinajstić information content (AvgIpc) is 3.40. The summed E-state index contributed by atoms with van der Waals surface area (Å²) in [6.45, 7) is 9.92. The quantitative estimate of drug-likeness (QED) is 0.460. The summed E-state index contributed by atoms with van der Waals surface area (Å²) in [6.07, 6.45) is 0.976. The number of nitrogens with one attached hydrogen (secondary N) is 1. The molecule has 3 heterocycles. The lowest BCUT2D eigenvalue weighted by molar-refractivity contribution is 0.0453. The molecule has 1 fully saturated rings. The summed E-state index contributed by atoms with van der Waals surface area (Å²) in [4.78, 5) is 28.8. The maximum Gasteiger partial charge on any atom is 0.407 e. The lowest BCUT2D eigenvalue weighted by Crippen LogP contribution is -2.50. The van der Waals surface area contributed by atoms with Crippen molar-refractivity contribution in [2.75, 3.05) is 13.1 Å². The van der Waals surface area contributed by atoms with Crippen LogP contribution in [0.1, 0.15) is 60.3 Å². The molecule has 4 rings (SSSR count). The maximum absolute atomic E-state index is 14.5. The van der Waals surface area contributed by atoms with Gasteiger partial charge in [-0.2, -0.15) is 5.26 Å². The number of hydrogen-bond donors (Lipinski definition) is 1. The molecular formula is C27H29FN4O4S. The summed E-state index contributed by atoms with van der Waals surface area (Å²) in [7, 11) is 0. The number of hydrogen-bond acceptors (Lipinski definition) is 7. The van der Waals surface area contributed by atoms with Gasteiger partial charge >= 0.3 is 6.09 Å². The molecule has 2 aromatic heterocycles. The Morgan fingerprint density at radius 2 is 2.05 bits per heavy atom. The van der Waals surface area contributed by atoms with E-state index >= 15 is 0 Å². The number of halogens is 1. The maximum atomic E-state index is 14.5. The van der Waals surface area contributed by atoms with Gasteiger partial charge in [-0.05, 0) is 71.2 Å². The van der Waals surface area contributed by atoms with Crippen LogP contribution in [0.3, 0.4) is 0 Å². The second-order valence-corrected chi connectivity index (χ2v) is 11.1. The molecule has 1 saturated heterocycles. The first kappa shape index (κ1) is 26.4. The number of carbonyl (C=O) groups excluding carboxylic acids is 2. The fourth-order valence-corrected chi connectivity index (χ4v) is 5.68. The fraction of sp³-hybridized carbons (Fsp3) is 0.407. The molecule has 3 aromatic rings. The first-order valence-electron chi connectivity index (χ1n) is 12.0. The number of amides is 2. The van der Waals surface area contributed by atoms with Crippen molar-refractivity contribution >= 4 is 23.3 Å². The summed E-state index contributed by atoms with van der Waals surface area (Å²) < 4.78 is 25.2. The van der Waals surface area contributed by atoms with Crippen molar-refractivity contribution in [1.82, 2.24) is 15.4 Å². The minimum atomic E-state index is -0.629. The summed E-state index contributed by atoms with van der Waals surface area (Å²) in [5, 5.41) is 16.0. The SMILES string of the molecule is Cc1noc(C)c1-c1sc(C(=O)N2CCC[C@@H](NC(=O)OC(C)(C)C)C2)cc1-c1ccc(C#N)c(F)c1. The van der Waals surface area contributed by atoms with E-state index in [2.05, 4.69) is 10.5 Å². The second kappa shape index (κ2) is 10.3. The number of aromatic nitrogens is 1. The van der Waals surface area contributed by atoms with Gasteiger partial charge in [0.2, 0.25) is 0 Å². The van der Waals surface area contributed by atoms with Crippen LogP contribution in [0.5, 0.6) is 0 Å². The highest BCUT2D eigenvalue weighted by molar-refractivity contribution is 7.18. The van der Waals surface area contributed by atoms with E-state index in [-0.39, 0.29) is 17.5 Å². The standard InChI is InChI=1S/C27H29FN4O4S/c1-15-23(16(2)36-31-15)24-20(17-8-9-18(13-29)21(28)11-17)12-22(37-24)25(33)32-10-6-7-19(14-32)30-26(34)35-27(3,4)5/h8-9,11-12,19H,6-7,10,14H2,1-5H3,(H,30,34)/t19-/m1/s1. The zero-order chi connectivity index (χ0) is 26.9. The molecule has 0 saturated carbocycles. The number of piperidine rings is 1. The van der Waals surface area contributed by atoms with E-state index in [1.165, 1.54) is 23.5 Å². The Balaban J connectivity index is 1.65. The second-order valence-electron chi connectivity index (χ2n) is 10.1. The predicted octanol–water partition coefficient (Wildman–Crippen LogP) is 5.83. The van der Waals surface area contributed by atoms with Crippen LogP contribution in [0, 0.1) is 31.0 Å². The van der Waals surface area contributed by atoms with Gasteiger partial charge in [0, 0.05) is 29.6 Å². The molecule has 1 aliphatic heterocycles. The van der Waals surface area contributed by atoms with Gasteiger partial charge in [0.25, 0.3) is 5.91 Å². The molecule has 8 nitrogen and oxygen atoms in total. The molecule has 0 spiro atoms. The van der Waals surface area contributed by atoms with Crippen molar-refractivity contribution in [3.63, 3.8) is 0 Å². The topological polar surface area (TPSA) is 108 Å². The van der Waals surface area contributed by atoms with Gasteiger partial charge in [-0.15, -0.1) is 11.3 Å². The van der Waals surface area contributed by atoms with Crippen molar-refractivity contribution in [1.29, 1.82) is 5.26 Å². The van der Waals surface area contributed by atoms with E-state index in [0.717, 1.165) is 23.3 Å². The average molecular weight is 525 g/mol. The predicted molar refractivity (Wildman–Crippen MR) is 138 cm³/mol. The third-order valence-corrected chi connectivity index (χ3v) is 7.17. The summed E-state index contributed by atoms with van der Waals surface area (Å²) >= 11 is 1.29. The third kappa shape index (κ3) is 5.83. The molecule has 37 heavy (non-hydrogen) atoms. The van der Waals surface area contributed by atoms with Gasteiger partial charge in [-0.25, -0.2) is 9.18 Å². The number of nitriles is 1. The number of aryl methyl sites for hydroxylation is 2. The van der Waals surface area contributed by atoms with Crippen molar-refractivity contribution in [3.05, 3.63) is 52.0 Å². The minimum Gasteiger partial charge on any atom is -0.444 e. The van der Waals surface area contributed by atoms with Crippen LogP contribution in [0.15, 0.2) is 28.8 Å². The van der Waals surface area contributed by atoms with Gasteiger partial charge < -0.3 is 19.5 Å². The number of likely N-dealkylation sites (tertiary alicyclic amines) is 1. The third-order valence-electron chi connectivity index (χ3n) is 6.03. The fourth-order valence-electron chi connectivity index (χ4n) is 4.39. The molecule has 0 unspecified atom stereocenters. The molecule has 2 amide bonds. The van der Waals surface area contributed by atoms with E-state index in [1.807, 2.05) is 13.0 Å². The first-order valence-corrected chi connectivity index (χ1v) is 12.8. The van der Waals surface area contributed by atoms with Crippen LogP contribution in [0.4, 0.5) is 9.18 Å². The Kier molecular flexibility index (Phi) is 7.37. The highest BCUT2D eigenvalue weighted by Gasteiger charge is 2.30. The van der Waals surface area contributed by atoms with Crippen LogP contribution in [0.25, 0.3) is 21.6 Å². The number of benzene rings is 1. The summed E-state index contributed by atoms with van der Waals surface area (Å²) in [5.41, 5.74) is 1.96. The van der Waals surface area contributed by atoms with Crippen molar-refractivity contribution in [2.45, 2.75) is 59.1 Å². The van der Waals surface area contributed by atoms with E-state index in [4.69, 9.17) is 14.5 Å². The molecular weight excluding hydrogens is 495 g/mol. The molecule has 1 aliphatic rings. The van der Waals surface area contributed by atoms with Crippen LogP contribution in [-0.4, -0.2) is 46.8 Å². The zero-order valence-corrected chi connectivity index (χ0v) is 22.3. The zero-order valence-electron chi connectivity index (χ0n) is 21.5. The van der Waals surface area contributed by atoms with Gasteiger partial charge in [0.05, 0.1) is 21.7 Å². The number of nitrogens with zero attached hydrogens (tertiary/aromatic N) is 3. The normalized spacial score (nSPS) is 15.8. The van der Waals surface area contributed by atoms with Gasteiger partial charge in [-0.3, -0.25) is 4.79 Å². The molecule has 1 aromatic carbocycles. The summed E-state index contributed by atoms with van der Waals surface area (Å²) in [6, 6.07) is 7.76. The van der Waals surface area contributed by atoms with E-state index in [0.29, 0.717) is 40.5 Å². The minimum absolute atomic E-state index is 0.0500. The largest absolute Gasteiger partial charge is 0.444 e. The van der Waals surface area contributed by atoms with Crippen molar-refractivity contribution in [2.24, 2.45) is 0 Å². The van der Waals surface area contributed by atoms with Crippen molar-refractivity contribution < 1.29 is 23.2 Å². The Bertz CT molecular complexity index is 1360. The first-order chi connectivity index (χ1) is 17.5. The number of thiophene rings is 1. The molecule has 1 atom stereocenters. The Morgan fingerprint density at radius 3 is 2.68 bits per heavy atom. The van der Waals surface area contributed by atoms with Crippen LogP contribution in [0.2, 0.25) is 0 Å². The Morgan fingerprint density at radius 1 is 1.30 bits per heavy atom. The molecule has 0 aliphatic carbocycles.